The molecule has 0 saturated carbocycles. The molecule has 1 fully saturated rings. The second-order valence-electron chi connectivity index (χ2n) is 8.11. The fraction of sp³-hybridized carbons (Fsp3) is 0.207. The van der Waals surface area contributed by atoms with E-state index in [1.807, 2.05) is 62.4 Å². The van der Waals surface area contributed by atoms with Crippen molar-refractivity contribution < 1.29 is 23.8 Å². The average molecular weight is 551 g/mol. The maximum atomic E-state index is 13.1. The number of ether oxygens (including phenoxy) is 3. The number of likely N-dealkylation sites (N-methyl/N-ethyl adjacent to an activating group) is 1. The molecule has 38 heavy (non-hydrogen) atoms. The van der Waals surface area contributed by atoms with E-state index in [1.165, 1.54) is 18.9 Å². The summed E-state index contributed by atoms with van der Waals surface area (Å²) in [5.41, 5.74) is 2.74. The quantitative estimate of drug-likeness (QED) is 0.217. The fourth-order valence-corrected chi connectivity index (χ4v) is 4.95. The Kier molecular flexibility index (Phi) is 9.10. The van der Waals surface area contributed by atoms with Gasteiger partial charge in [0.05, 0.1) is 29.9 Å². The summed E-state index contributed by atoms with van der Waals surface area (Å²) in [4.78, 5) is 31.6. The molecule has 3 aromatic rings. The minimum Gasteiger partial charge on any atom is -0.490 e. The van der Waals surface area contributed by atoms with Crippen LogP contribution >= 0.6 is 23.4 Å². The van der Waals surface area contributed by atoms with Gasteiger partial charge in [0.2, 0.25) is 0 Å². The molecule has 0 radical (unpaired) electrons. The van der Waals surface area contributed by atoms with E-state index in [4.69, 9.17) is 25.8 Å². The van der Waals surface area contributed by atoms with Gasteiger partial charge in [0.25, 0.3) is 5.91 Å². The van der Waals surface area contributed by atoms with Crippen LogP contribution in [0.4, 0.5) is 5.69 Å². The Morgan fingerprint density at radius 3 is 2.47 bits per heavy atom. The van der Waals surface area contributed by atoms with Gasteiger partial charge in [0.15, 0.2) is 16.7 Å². The second kappa shape index (κ2) is 12.7. The van der Waals surface area contributed by atoms with Gasteiger partial charge in [-0.25, -0.2) is 9.79 Å². The van der Waals surface area contributed by atoms with Crippen LogP contribution < -0.4 is 9.47 Å². The molecule has 4 rings (SSSR count). The van der Waals surface area contributed by atoms with Crippen molar-refractivity contribution in [2.24, 2.45) is 4.99 Å². The summed E-state index contributed by atoms with van der Waals surface area (Å²) in [6.45, 7) is 5.04. The van der Waals surface area contributed by atoms with Gasteiger partial charge in [0, 0.05) is 17.1 Å². The summed E-state index contributed by atoms with van der Waals surface area (Å²) < 4.78 is 16.5. The normalized spacial score (nSPS) is 15.3. The van der Waals surface area contributed by atoms with E-state index in [2.05, 4.69) is 4.99 Å². The topological polar surface area (TPSA) is 77.4 Å². The highest BCUT2D eigenvalue weighted by molar-refractivity contribution is 8.18. The molecule has 1 heterocycles. The number of amides is 1. The van der Waals surface area contributed by atoms with Gasteiger partial charge in [-0.05, 0) is 79.7 Å². The molecule has 0 unspecified atom stereocenters. The summed E-state index contributed by atoms with van der Waals surface area (Å²) in [6, 6.07) is 19.8. The number of rotatable bonds is 9. The first kappa shape index (κ1) is 27.3. The number of nitrogens with zero attached hydrogens (tertiary/aromatic N) is 2. The summed E-state index contributed by atoms with van der Waals surface area (Å²) in [7, 11) is 1.34. The standard InChI is InChI=1S/C29H27ClN2O5S/c1-4-32-27(33)26(38-29(32)31-22-13-11-20(12-14-22)28(34)35-3)17-19-10-15-24(25(16-19)36-5-2)37-18-21-8-6-7-9-23(21)30/h6-17H,4-5,18H2,1-3H3/b26-17+,31-29?. The molecule has 0 atom stereocenters. The number of carbonyl (C=O) groups excluding carboxylic acids is 2. The highest BCUT2D eigenvalue weighted by atomic mass is 35.5. The van der Waals surface area contributed by atoms with E-state index in [1.54, 1.807) is 29.2 Å². The molecule has 7 nitrogen and oxygen atoms in total. The van der Waals surface area contributed by atoms with Crippen LogP contribution in [0.15, 0.2) is 76.6 Å². The SMILES string of the molecule is CCOc1cc(/C=C2/SC(=Nc3ccc(C(=O)OC)cc3)N(CC)C2=O)ccc1OCc1ccccc1Cl. The van der Waals surface area contributed by atoms with Gasteiger partial charge in [-0.15, -0.1) is 0 Å². The van der Waals surface area contributed by atoms with E-state index in [0.29, 0.717) is 57.6 Å². The Labute approximate surface area is 231 Å². The molecule has 0 bridgehead atoms. The molecular formula is C29H27ClN2O5S. The van der Waals surface area contributed by atoms with Crippen LogP contribution in [0.5, 0.6) is 11.5 Å². The zero-order valence-electron chi connectivity index (χ0n) is 21.3. The minimum atomic E-state index is -0.415. The number of hydrogen-bond donors (Lipinski definition) is 0. The molecular weight excluding hydrogens is 524 g/mol. The molecule has 1 aliphatic heterocycles. The molecule has 0 N–H and O–H groups in total. The highest BCUT2D eigenvalue weighted by Gasteiger charge is 2.32. The first-order valence-electron chi connectivity index (χ1n) is 12.0. The molecule has 1 aliphatic rings. The van der Waals surface area contributed by atoms with Crippen molar-refractivity contribution in [1.82, 2.24) is 4.90 Å². The van der Waals surface area contributed by atoms with E-state index < -0.39 is 5.97 Å². The average Bonchev–Trinajstić information content (AvgIpc) is 3.22. The summed E-state index contributed by atoms with van der Waals surface area (Å²) in [6.07, 6.45) is 1.82. The maximum absolute atomic E-state index is 13.1. The predicted octanol–water partition coefficient (Wildman–Crippen LogP) is 6.73. The molecule has 196 valence electrons. The van der Waals surface area contributed by atoms with E-state index in [9.17, 15) is 9.59 Å². The zero-order chi connectivity index (χ0) is 27.1. The van der Waals surface area contributed by atoms with E-state index in [-0.39, 0.29) is 5.91 Å². The first-order valence-corrected chi connectivity index (χ1v) is 13.2. The minimum absolute atomic E-state index is 0.126. The number of aliphatic imine (C=N–C) groups is 1. The van der Waals surface area contributed by atoms with Crippen LogP contribution in [0.3, 0.4) is 0 Å². The molecule has 1 amide bonds. The van der Waals surface area contributed by atoms with Crippen LogP contribution in [-0.4, -0.2) is 42.2 Å². The smallest absolute Gasteiger partial charge is 0.337 e. The van der Waals surface area contributed by atoms with E-state index in [0.717, 1.165) is 11.1 Å². The number of amidine groups is 1. The van der Waals surface area contributed by atoms with Crippen LogP contribution in [0.2, 0.25) is 5.02 Å². The van der Waals surface area contributed by atoms with Crippen molar-refractivity contribution in [2.75, 3.05) is 20.3 Å². The van der Waals surface area contributed by atoms with Gasteiger partial charge in [-0.2, -0.15) is 0 Å². The molecule has 3 aromatic carbocycles. The third-order valence-corrected chi connectivity index (χ3v) is 7.00. The number of methoxy groups -OCH3 is 1. The number of halogens is 1. The third-order valence-electron chi connectivity index (χ3n) is 5.62. The Balaban J connectivity index is 1.55. The van der Waals surface area contributed by atoms with Crippen molar-refractivity contribution in [1.29, 1.82) is 0 Å². The van der Waals surface area contributed by atoms with Crippen LogP contribution in [0.1, 0.15) is 35.3 Å². The molecule has 1 saturated heterocycles. The number of thioether (sulfide) groups is 1. The van der Waals surface area contributed by atoms with Gasteiger partial charge in [0.1, 0.15) is 6.61 Å². The van der Waals surface area contributed by atoms with Crippen LogP contribution in [-0.2, 0) is 16.1 Å². The summed E-state index contributed by atoms with van der Waals surface area (Å²) >= 11 is 7.55. The number of benzene rings is 3. The lowest BCUT2D eigenvalue weighted by atomic mass is 10.1. The molecule has 0 aromatic heterocycles. The molecule has 0 spiro atoms. The van der Waals surface area contributed by atoms with Gasteiger partial charge in [-0.3, -0.25) is 9.69 Å². The monoisotopic (exact) mass is 550 g/mol. The van der Waals surface area contributed by atoms with Crippen LogP contribution in [0.25, 0.3) is 6.08 Å². The third kappa shape index (κ3) is 6.38. The lowest BCUT2D eigenvalue weighted by Crippen LogP contribution is -2.28. The lowest BCUT2D eigenvalue weighted by Gasteiger charge is -2.13. The van der Waals surface area contributed by atoms with Crippen molar-refractivity contribution in [2.45, 2.75) is 20.5 Å². The Bertz CT molecular complexity index is 1390. The largest absolute Gasteiger partial charge is 0.490 e. The van der Waals surface area contributed by atoms with Crippen molar-refractivity contribution in [3.63, 3.8) is 0 Å². The Morgan fingerprint density at radius 1 is 1.03 bits per heavy atom. The Hall–Kier alpha value is -3.75. The van der Waals surface area contributed by atoms with Crippen LogP contribution in [0, 0.1) is 0 Å². The van der Waals surface area contributed by atoms with Crippen molar-refractivity contribution >= 4 is 52.2 Å². The van der Waals surface area contributed by atoms with E-state index >= 15 is 0 Å². The molecule has 9 heteroatoms. The van der Waals surface area contributed by atoms with Crippen molar-refractivity contribution in [3.8, 4) is 11.5 Å². The molecule has 0 aliphatic carbocycles. The first-order chi connectivity index (χ1) is 18.4. The van der Waals surface area contributed by atoms with Gasteiger partial charge < -0.3 is 14.2 Å². The summed E-state index contributed by atoms with van der Waals surface area (Å²) in [5.74, 6) is 0.629. The van der Waals surface area contributed by atoms with Gasteiger partial charge in [-0.1, -0.05) is 35.9 Å². The fourth-order valence-electron chi connectivity index (χ4n) is 3.69. The maximum Gasteiger partial charge on any atom is 0.337 e. The Morgan fingerprint density at radius 2 is 1.79 bits per heavy atom. The number of esters is 1. The second-order valence-corrected chi connectivity index (χ2v) is 9.53. The lowest BCUT2D eigenvalue weighted by molar-refractivity contribution is -0.122. The highest BCUT2D eigenvalue weighted by Crippen LogP contribution is 2.36. The zero-order valence-corrected chi connectivity index (χ0v) is 22.8. The van der Waals surface area contributed by atoms with Gasteiger partial charge >= 0.3 is 5.97 Å². The van der Waals surface area contributed by atoms with Crippen molar-refractivity contribution in [3.05, 3.63) is 93.3 Å². The summed E-state index contributed by atoms with van der Waals surface area (Å²) in [5, 5.41) is 1.21. The predicted molar refractivity (Wildman–Crippen MR) is 151 cm³/mol. The number of hydrogen-bond acceptors (Lipinski definition) is 7. The number of carbonyl (C=O) groups is 2.